The molecule has 2 N–H and O–H groups in total. The predicted molar refractivity (Wildman–Crippen MR) is 110 cm³/mol. The van der Waals surface area contributed by atoms with E-state index in [4.69, 9.17) is 4.74 Å². The van der Waals surface area contributed by atoms with Crippen molar-refractivity contribution in [3.05, 3.63) is 76.3 Å². The highest BCUT2D eigenvalue weighted by Gasteiger charge is 2.23. The van der Waals surface area contributed by atoms with Gasteiger partial charge in [-0.2, -0.15) is 0 Å². The van der Waals surface area contributed by atoms with Gasteiger partial charge in [0, 0.05) is 12.1 Å². The van der Waals surface area contributed by atoms with E-state index in [0.717, 1.165) is 16.8 Å². The molecule has 3 rings (SSSR count). The fourth-order valence-corrected chi connectivity index (χ4v) is 3.88. The van der Waals surface area contributed by atoms with Gasteiger partial charge in [0.2, 0.25) is 0 Å². The van der Waals surface area contributed by atoms with Crippen molar-refractivity contribution in [3.8, 4) is 5.75 Å². The highest BCUT2D eigenvalue weighted by atomic mass is 32.2. The molecule has 1 amide bonds. The van der Waals surface area contributed by atoms with Gasteiger partial charge in [-0.25, -0.2) is 8.42 Å². The summed E-state index contributed by atoms with van der Waals surface area (Å²) in [6.07, 6.45) is -1.000. The van der Waals surface area contributed by atoms with Gasteiger partial charge in [-0.15, -0.1) is 4.83 Å². The van der Waals surface area contributed by atoms with Crippen LogP contribution in [-0.2, 0) is 14.8 Å². The summed E-state index contributed by atoms with van der Waals surface area (Å²) in [4.78, 5) is 24.1. The Bertz CT molecular complexity index is 1230. The number of sulfonamides is 1. The standard InChI is InChI=1S/C20H19N3O6S/c1-13-7-9-17(23(25)26)12-19(13)30(27,28)22-21-20(24)14(2)29-18-10-8-15-5-3-4-6-16(15)11-18/h3-12,14,22H,1-2H3,(H,21,24). The molecule has 3 aromatic rings. The lowest BCUT2D eigenvalue weighted by Crippen LogP contribution is -2.47. The number of hydrogen-bond acceptors (Lipinski definition) is 6. The Labute approximate surface area is 172 Å². The number of nitrogens with one attached hydrogen (secondary N) is 2. The number of ether oxygens (including phenoxy) is 1. The van der Waals surface area contributed by atoms with E-state index >= 15 is 0 Å². The van der Waals surface area contributed by atoms with Crippen LogP contribution in [0.2, 0.25) is 0 Å². The third kappa shape index (κ3) is 4.73. The first-order chi connectivity index (χ1) is 14.2. The van der Waals surface area contributed by atoms with Crippen LogP contribution in [0.5, 0.6) is 5.75 Å². The molecular formula is C20H19N3O6S. The first-order valence-corrected chi connectivity index (χ1v) is 10.4. The second-order valence-electron chi connectivity index (χ2n) is 6.57. The number of amides is 1. The molecule has 10 heteroatoms. The van der Waals surface area contributed by atoms with Crippen molar-refractivity contribution in [1.82, 2.24) is 10.3 Å². The smallest absolute Gasteiger partial charge is 0.275 e. The molecule has 0 heterocycles. The summed E-state index contributed by atoms with van der Waals surface area (Å²) in [5, 5.41) is 12.9. The minimum absolute atomic E-state index is 0.294. The zero-order valence-corrected chi connectivity index (χ0v) is 17.0. The lowest BCUT2D eigenvalue weighted by molar-refractivity contribution is -0.385. The zero-order valence-electron chi connectivity index (χ0n) is 16.2. The SMILES string of the molecule is Cc1ccc([N+](=O)[O-])cc1S(=O)(=O)NNC(=O)C(C)Oc1ccc2ccccc2c1. The van der Waals surface area contributed by atoms with Gasteiger partial charge in [0.25, 0.3) is 21.6 Å². The maximum absolute atomic E-state index is 12.5. The van der Waals surface area contributed by atoms with E-state index in [2.05, 4.69) is 5.43 Å². The summed E-state index contributed by atoms with van der Waals surface area (Å²) in [6.45, 7) is 2.96. The van der Waals surface area contributed by atoms with E-state index in [0.29, 0.717) is 11.3 Å². The number of aryl methyl sites for hydroxylation is 1. The Morgan fingerprint density at radius 3 is 2.47 bits per heavy atom. The number of nitro benzene ring substituents is 1. The van der Waals surface area contributed by atoms with Gasteiger partial charge in [-0.1, -0.05) is 36.4 Å². The summed E-state index contributed by atoms with van der Waals surface area (Å²) in [5.41, 5.74) is 2.00. The number of nitro groups is 1. The van der Waals surface area contributed by atoms with Gasteiger partial charge in [-0.05, 0) is 42.3 Å². The molecule has 0 fully saturated rings. The van der Waals surface area contributed by atoms with Crippen LogP contribution in [0.3, 0.4) is 0 Å². The van der Waals surface area contributed by atoms with Crippen LogP contribution in [0.15, 0.2) is 65.6 Å². The van der Waals surface area contributed by atoms with Gasteiger partial charge in [0.05, 0.1) is 9.82 Å². The number of benzene rings is 3. The molecule has 0 aliphatic rings. The predicted octanol–water partition coefficient (Wildman–Crippen LogP) is 2.83. The Morgan fingerprint density at radius 2 is 1.77 bits per heavy atom. The molecule has 0 aliphatic carbocycles. The van der Waals surface area contributed by atoms with Crippen molar-refractivity contribution >= 4 is 32.4 Å². The number of nitrogens with zero attached hydrogens (tertiary/aromatic N) is 1. The van der Waals surface area contributed by atoms with E-state index < -0.39 is 27.0 Å². The largest absolute Gasteiger partial charge is 0.481 e. The molecule has 0 bridgehead atoms. The topological polar surface area (TPSA) is 128 Å². The van der Waals surface area contributed by atoms with Gasteiger partial charge in [-0.3, -0.25) is 20.3 Å². The molecule has 30 heavy (non-hydrogen) atoms. The maximum Gasteiger partial charge on any atom is 0.275 e. The van der Waals surface area contributed by atoms with Crippen molar-refractivity contribution in [2.24, 2.45) is 0 Å². The third-order valence-electron chi connectivity index (χ3n) is 4.38. The number of carbonyl (C=O) groups excluding carboxylic acids is 1. The van der Waals surface area contributed by atoms with Crippen LogP contribution in [0.1, 0.15) is 12.5 Å². The van der Waals surface area contributed by atoms with E-state index in [9.17, 15) is 23.3 Å². The van der Waals surface area contributed by atoms with Crippen molar-refractivity contribution in [1.29, 1.82) is 0 Å². The van der Waals surface area contributed by atoms with Crippen LogP contribution in [0.25, 0.3) is 10.8 Å². The fraction of sp³-hybridized carbons (Fsp3) is 0.150. The molecule has 9 nitrogen and oxygen atoms in total. The molecule has 156 valence electrons. The van der Waals surface area contributed by atoms with Crippen molar-refractivity contribution in [3.63, 3.8) is 0 Å². The normalized spacial score (nSPS) is 12.3. The number of fused-ring (bicyclic) bond motifs is 1. The Hall–Kier alpha value is -3.50. The number of rotatable bonds is 7. The highest BCUT2D eigenvalue weighted by Crippen LogP contribution is 2.22. The quantitative estimate of drug-likeness (QED) is 0.439. The molecule has 0 aliphatic heterocycles. The van der Waals surface area contributed by atoms with Gasteiger partial charge >= 0.3 is 0 Å². The highest BCUT2D eigenvalue weighted by molar-refractivity contribution is 7.89. The fourth-order valence-electron chi connectivity index (χ4n) is 2.76. The van der Waals surface area contributed by atoms with Gasteiger partial charge < -0.3 is 4.74 Å². The Morgan fingerprint density at radius 1 is 1.07 bits per heavy atom. The second kappa shape index (κ2) is 8.47. The van der Waals surface area contributed by atoms with E-state index in [1.807, 2.05) is 35.2 Å². The number of hydrogen-bond donors (Lipinski definition) is 2. The first-order valence-electron chi connectivity index (χ1n) is 8.89. The summed E-state index contributed by atoms with van der Waals surface area (Å²) < 4.78 is 30.5. The number of carbonyl (C=O) groups is 1. The molecular weight excluding hydrogens is 410 g/mol. The molecule has 0 saturated heterocycles. The van der Waals surface area contributed by atoms with E-state index in [1.165, 1.54) is 26.0 Å². The summed E-state index contributed by atoms with van der Waals surface area (Å²) in [5.74, 6) is -0.274. The summed E-state index contributed by atoms with van der Waals surface area (Å²) in [7, 11) is -4.22. The molecule has 0 aromatic heterocycles. The van der Waals surface area contributed by atoms with Crippen LogP contribution in [-0.4, -0.2) is 25.4 Å². The third-order valence-corrected chi connectivity index (χ3v) is 5.77. The lowest BCUT2D eigenvalue weighted by atomic mass is 10.1. The van der Waals surface area contributed by atoms with E-state index in [1.54, 1.807) is 12.1 Å². The number of hydrazine groups is 1. The Kier molecular flexibility index (Phi) is 5.99. The van der Waals surface area contributed by atoms with Crippen molar-refractivity contribution in [2.75, 3.05) is 0 Å². The minimum atomic E-state index is -4.22. The number of non-ortho nitro benzene ring substituents is 1. The lowest BCUT2D eigenvalue weighted by Gasteiger charge is -2.16. The molecule has 1 atom stereocenters. The van der Waals surface area contributed by atoms with Crippen molar-refractivity contribution < 1.29 is 22.9 Å². The first kappa shape index (κ1) is 21.2. The average Bonchev–Trinajstić information content (AvgIpc) is 2.72. The maximum atomic E-state index is 12.5. The zero-order chi connectivity index (χ0) is 21.9. The Balaban J connectivity index is 1.68. The van der Waals surface area contributed by atoms with Crippen LogP contribution in [0, 0.1) is 17.0 Å². The van der Waals surface area contributed by atoms with Crippen molar-refractivity contribution in [2.45, 2.75) is 24.8 Å². The summed E-state index contributed by atoms with van der Waals surface area (Å²) >= 11 is 0. The van der Waals surface area contributed by atoms with Gasteiger partial charge in [0.1, 0.15) is 5.75 Å². The van der Waals surface area contributed by atoms with Crippen LogP contribution in [0.4, 0.5) is 5.69 Å². The molecule has 1 unspecified atom stereocenters. The molecule has 0 saturated carbocycles. The summed E-state index contributed by atoms with van der Waals surface area (Å²) in [6, 6.07) is 16.4. The minimum Gasteiger partial charge on any atom is -0.481 e. The monoisotopic (exact) mass is 429 g/mol. The van der Waals surface area contributed by atoms with Crippen LogP contribution < -0.4 is 15.0 Å². The molecule has 3 aromatic carbocycles. The molecule has 0 spiro atoms. The second-order valence-corrected chi connectivity index (χ2v) is 8.22. The van der Waals surface area contributed by atoms with E-state index in [-0.39, 0.29) is 10.6 Å². The van der Waals surface area contributed by atoms with Crippen LogP contribution >= 0.6 is 0 Å². The molecule has 0 radical (unpaired) electrons. The van der Waals surface area contributed by atoms with Gasteiger partial charge in [0.15, 0.2) is 6.10 Å². The average molecular weight is 429 g/mol.